The van der Waals surface area contributed by atoms with Gasteiger partial charge in [0, 0.05) is 12.4 Å². The Bertz CT molecular complexity index is 1110. The topological polar surface area (TPSA) is 85.6 Å². The number of aryl methyl sites for hydroxylation is 1. The highest BCUT2D eigenvalue weighted by molar-refractivity contribution is 6.06. The first-order chi connectivity index (χ1) is 13.4. The first kappa shape index (κ1) is 19.2. The normalized spacial score (nSPS) is 11.7. The van der Waals surface area contributed by atoms with Gasteiger partial charge >= 0.3 is 6.61 Å². The van der Waals surface area contributed by atoms with Gasteiger partial charge < -0.3 is 4.74 Å². The maximum Gasteiger partial charge on any atom is 0.387 e. The summed E-state index contributed by atoms with van der Waals surface area (Å²) in [5, 5.41) is 8.84. The van der Waals surface area contributed by atoms with Gasteiger partial charge in [-0.05, 0) is 42.8 Å². The van der Waals surface area contributed by atoms with Crippen LogP contribution in [-0.2, 0) is 7.05 Å². The number of amides is 1. The van der Waals surface area contributed by atoms with E-state index in [9.17, 15) is 18.4 Å². The summed E-state index contributed by atoms with van der Waals surface area (Å²) in [5.74, 6) is -0.555. The summed E-state index contributed by atoms with van der Waals surface area (Å²) >= 11 is 0. The van der Waals surface area contributed by atoms with Crippen LogP contribution in [0.5, 0.6) is 5.75 Å². The number of carbonyl (C=O) groups excluding carboxylic acids is 1. The quantitative estimate of drug-likeness (QED) is 0.540. The molecule has 0 bridgehead atoms. The van der Waals surface area contributed by atoms with Crippen LogP contribution in [0.2, 0.25) is 0 Å². The zero-order valence-corrected chi connectivity index (χ0v) is 15.0. The van der Waals surface area contributed by atoms with Gasteiger partial charge in [0.25, 0.3) is 11.5 Å². The van der Waals surface area contributed by atoms with Crippen LogP contribution in [0.15, 0.2) is 58.4 Å². The van der Waals surface area contributed by atoms with Crippen molar-refractivity contribution in [2.75, 3.05) is 0 Å². The Morgan fingerprint density at radius 1 is 1.14 bits per heavy atom. The fraction of sp³-hybridized carbons (Fsp3) is 0.158. The molecule has 0 radical (unpaired) electrons. The summed E-state index contributed by atoms with van der Waals surface area (Å²) in [6, 6.07) is 12.5. The molecule has 0 aliphatic rings. The van der Waals surface area contributed by atoms with Gasteiger partial charge in [-0.1, -0.05) is 18.2 Å². The minimum Gasteiger partial charge on any atom is -0.435 e. The lowest BCUT2D eigenvalue weighted by Crippen LogP contribution is -2.27. The van der Waals surface area contributed by atoms with Crippen molar-refractivity contribution in [3.63, 3.8) is 0 Å². The Labute approximate surface area is 158 Å². The molecule has 0 aliphatic carbocycles. The molecule has 1 heterocycles. The summed E-state index contributed by atoms with van der Waals surface area (Å²) < 4.78 is 29.8. The maximum absolute atomic E-state index is 12.5. The fourth-order valence-corrected chi connectivity index (χ4v) is 2.60. The number of carbonyl (C=O) groups is 1. The van der Waals surface area contributed by atoms with Crippen LogP contribution in [0.4, 0.5) is 8.78 Å². The van der Waals surface area contributed by atoms with Crippen molar-refractivity contribution < 1.29 is 18.3 Å². The molecule has 0 fully saturated rings. The molecular formula is C19H16F2N4O3. The van der Waals surface area contributed by atoms with E-state index >= 15 is 0 Å². The molecule has 28 heavy (non-hydrogen) atoms. The van der Waals surface area contributed by atoms with Crippen molar-refractivity contribution in [1.82, 2.24) is 15.2 Å². The second kappa shape index (κ2) is 7.95. The molecule has 0 aliphatic heterocycles. The largest absolute Gasteiger partial charge is 0.435 e. The van der Waals surface area contributed by atoms with Gasteiger partial charge in [-0.2, -0.15) is 19.0 Å². The lowest BCUT2D eigenvalue weighted by molar-refractivity contribution is -0.0498. The number of rotatable bonds is 5. The number of nitrogens with zero attached hydrogens (tertiary/aromatic N) is 3. The Balaban J connectivity index is 1.83. The summed E-state index contributed by atoms with van der Waals surface area (Å²) in [5.41, 5.74) is 3.22. The van der Waals surface area contributed by atoms with Crippen LogP contribution in [0.3, 0.4) is 0 Å². The number of alkyl halides is 2. The van der Waals surface area contributed by atoms with Gasteiger partial charge in [-0.15, -0.1) is 0 Å². The van der Waals surface area contributed by atoms with Gasteiger partial charge in [0.2, 0.25) is 0 Å². The lowest BCUT2D eigenvalue weighted by Gasteiger charge is -2.08. The Morgan fingerprint density at radius 2 is 1.79 bits per heavy atom. The number of fused-ring (bicyclic) bond motifs is 1. The first-order valence-corrected chi connectivity index (χ1v) is 8.22. The van der Waals surface area contributed by atoms with E-state index in [4.69, 9.17) is 0 Å². The summed E-state index contributed by atoms with van der Waals surface area (Å²) in [4.78, 5) is 24.7. The van der Waals surface area contributed by atoms with Crippen LogP contribution in [-0.4, -0.2) is 28.0 Å². The lowest BCUT2D eigenvalue weighted by atomic mass is 10.1. The van der Waals surface area contributed by atoms with Gasteiger partial charge in [-0.25, -0.2) is 10.1 Å². The first-order valence-electron chi connectivity index (χ1n) is 8.22. The number of nitrogens with one attached hydrogen (secondary N) is 1. The minimum absolute atomic E-state index is 0.0245. The van der Waals surface area contributed by atoms with Crippen molar-refractivity contribution in [3.05, 3.63) is 70.1 Å². The highest BCUT2D eigenvalue weighted by Gasteiger charge is 2.15. The summed E-state index contributed by atoms with van der Waals surface area (Å²) in [6.07, 6.45) is 0. The monoisotopic (exact) mass is 386 g/mol. The molecule has 7 nitrogen and oxygen atoms in total. The molecule has 2 aromatic carbocycles. The van der Waals surface area contributed by atoms with Gasteiger partial charge in [0.05, 0.1) is 11.1 Å². The van der Waals surface area contributed by atoms with Gasteiger partial charge in [0.15, 0.2) is 5.69 Å². The van der Waals surface area contributed by atoms with Crippen LogP contribution in [0.1, 0.15) is 23.0 Å². The maximum atomic E-state index is 12.5. The molecule has 9 heteroatoms. The average molecular weight is 386 g/mol. The Morgan fingerprint density at radius 3 is 2.43 bits per heavy atom. The number of ether oxygens (including phenoxy) is 1. The highest BCUT2D eigenvalue weighted by Crippen LogP contribution is 2.16. The molecule has 1 aromatic heterocycles. The van der Waals surface area contributed by atoms with Crippen molar-refractivity contribution in [1.29, 1.82) is 0 Å². The molecule has 144 valence electrons. The van der Waals surface area contributed by atoms with E-state index in [2.05, 4.69) is 20.4 Å². The molecule has 0 spiro atoms. The number of halogens is 2. The van der Waals surface area contributed by atoms with E-state index in [-0.39, 0.29) is 17.0 Å². The Kier molecular flexibility index (Phi) is 5.44. The zero-order valence-electron chi connectivity index (χ0n) is 15.0. The van der Waals surface area contributed by atoms with Crippen LogP contribution < -0.4 is 15.7 Å². The van der Waals surface area contributed by atoms with E-state index in [1.165, 1.54) is 19.2 Å². The second-order valence-electron chi connectivity index (χ2n) is 5.86. The molecule has 1 N–H and O–H groups in total. The Hall–Kier alpha value is -3.62. The number of benzene rings is 2. The van der Waals surface area contributed by atoms with Gasteiger partial charge in [0.1, 0.15) is 5.75 Å². The van der Waals surface area contributed by atoms with E-state index in [1.54, 1.807) is 43.3 Å². The van der Waals surface area contributed by atoms with Gasteiger partial charge in [-0.3, -0.25) is 9.59 Å². The third-order valence-corrected chi connectivity index (χ3v) is 3.99. The molecule has 1 amide bonds. The second-order valence-corrected chi connectivity index (χ2v) is 5.86. The third kappa shape index (κ3) is 4.03. The van der Waals surface area contributed by atoms with Crippen molar-refractivity contribution in [3.8, 4) is 5.75 Å². The van der Waals surface area contributed by atoms with E-state index in [0.717, 1.165) is 4.68 Å². The highest BCUT2D eigenvalue weighted by atomic mass is 19.3. The summed E-state index contributed by atoms with van der Waals surface area (Å²) in [7, 11) is 1.46. The molecular weight excluding hydrogens is 370 g/mol. The minimum atomic E-state index is -2.90. The van der Waals surface area contributed by atoms with E-state index in [0.29, 0.717) is 22.0 Å². The van der Waals surface area contributed by atoms with Crippen molar-refractivity contribution in [2.45, 2.75) is 13.5 Å². The number of aromatic nitrogens is 2. The van der Waals surface area contributed by atoms with Crippen LogP contribution in [0.25, 0.3) is 10.8 Å². The molecule has 3 rings (SSSR count). The predicted octanol–water partition coefficient (Wildman–Crippen LogP) is 2.69. The third-order valence-electron chi connectivity index (χ3n) is 3.99. The van der Waals surface area contributed by atoms with E-state index in [1.807, 2.05) is 0 Å². The molecule has 3 aromatic rings. The van der Waals surface area contributed by atoms with Crippen LogP contribution >= 0.6 is 0 Å². The molecule has 0 saturated heterocycles. The van der Waals surface area contributed by atoms with Crippen molar-refractivity contribution >= 4 is 22.4 Å². The molecule has 0 unspecified atom stereocenters. The summed E-state index contributed by atoms with van der Waals surface area (Å²) in [6.45, 7) is -1.25. The number of hydrogen-bond donors (Lipinski definition) is 1. The zero-order chi connectivity index (χ0) is 20.3. The average Bonchev–Trinajstić information content (AvgIpc) is 2.68. The van der Waals surface area contributed by atoms with Crippen LogP contribution in [0, 0.1) is 0 Å². The van der Waals surface area contributed by atoms with Crippen molar-refractivity contribution in [2.24, 2.45) is 12.1 Å². The standard InChI is InChI=1S/C19H16F2N4O3/c1-11(12-7-9-13(10-8-12)28-19(20)21)22-23-17(26)16-14-5-3-4-6-15(14)18(27)25(2)24-16/h3-10,19H,1-2H3,(H,23,26)/b22-11-. The number of hydrazone groups is 1. The molecule has 0 atom stereocenters. The SMILES string of the molecule is C/C(=N/NC(=O)c1nn(C)c(=O)c2ccccc12)c1ccc(OC(F)F)cc1. The number of hydrogen-bond acceptors (Lipinski definition) is 5. The van der Waals surface area contributed by atoms with E-state index < -0.39 is 12.5 Å². The smallest absolute Gasteiger partial charge is 0.387 e. The fourth-order valence-electron chi connectivity index (χ4n) is 2.60. The predicted molar refractivity (Wildman–Crippen MR) is 99.7 cm³/mol. The molecule has 0 saturated carbocycles.